The second kappa shape index (κ2) is 8.86. The van der Waals surface area contributed by atoms with Crippen LogP contribution in [0.4, 0.5) is 5.00 Å². The number of aromatic nitrogens is 1. The highest BCUT2D eigenvalue weighted by atomic mass is 32.2. The zero-order valence-corrected chi connectivity index (χ0v) is 19.1. The predicted octanol–water partition coefficient (Wildman–Crippen LogP) is 5.51. The SMILES string of the molecule is CCOC(=O)c1c(NC(=O)[C@H](C)Sc2cn(CC)c3ccccc23)sc2c1CCC2. The molecule has 1 aliphatic carbocycles. The molecule has 7 heteroatoms. The molecule has 1 aromatic carbocycles. The molecule has 0 saturated carbocycles. The van der Waals surface area contributed by atoms with Crippen molar-refractivity contribution < 1.29 is 14.3 Å². The molecule has 0 radical (unpaired) electrons. The number of nitrogens with zero attached hydrogens (tertiary/aromatic N) is 1. The summed E-state index contributed by atoms with van der Waals surface area (Å²) in [7, 11) is 0. The maximum atomic E-state index is 13.0. The van der Waals surface area contributed by atoms with E-state index in [1.807, 2.05) is 19.1 Å². The normalized spacial score (nSPS) is 14.0. The average Bonchev–Trinajstić information content (AvgIpc) is 3.41. The smallest absolute Gasteiger partial charge is 0.341 e. The first-order valence-electron chi connectivity index (χ1n) is 10.4. The summed E-state index contributed by atoms with van der Waals surface area (Å²) in [6.45, 7) is 7.03. The number of benzene rings is 1. The van der Waals surface area contributed by atoms with Crippen LogP contribution in [-0.2, 0) is 28.9 Å². The highest BCUT2D eigenvalue weighted by molar-refractivity contribution is 8.00. The zero-order chi connectivity index (χ0) is 21.3. The number of rotatable bonds is 7. The summed E-state index contributed by atoms with van der Waals surface area (Å²) < 4.78 is 7.46. The second-order valence-corrected chi connectivity index (χ2v) is 9.82. The maximum Gasteiger partial charge on any atom is 0.341 e. The van der Waals surface area contributed by atoms with Crippen LogP contribution in [-0.4, -0.2) is 28.3 Å². The first-order valence-corrected chi connectivity index (χ1v) is 12.1. The summed E-state index contributed by atoms with van der Waals surface area (Å²) in [4.78, 5) is 27.8. The Morgan fingerprint density at radius 1 is 1.27 bits per heavy atom. The molecule has 0 unspecified atom stereocenters. The van der Waals surface area contributed by atoms with Crippen molar-refractivity contribution in [2.75, 3.05) is 11.9 Å². The van der Waals surface area contributed by atoms with Gasteiger partial charge in [-0.15, -0.1) is 23.1 Å². The van der Waals surface area contributed by atoms with Gasteiger partial charge in [-0.1, -0.05) is 18.2 Å². The van der Waals surface area contributed by atoms with E-state index in [-0.39, 0.29) is 17.1 Å². The van der Waals surface area contributed by atoms with Gasteiger partial charge in [0.1, 0.15) is 5.00 Å². The average molecular weight is 443 g/mol. The van der Waals surface area contributed by atoms with Crippen molar-refractivity contribution in [2.24, 2.45) is 0 Å². The van der Waals surface area contributed by atoms with E-state index in [2.05, 4.69) is 35.1 Å². The quantitative estimate of drug-likeness (QED) is 0.387. The van der Waals surface area contributed by atoms with Crippen molar-refractivity contribution in [1.82, 2.24) is 4.57 Å². The van der Waals surface area contributed by atoms with Crippen LogP contribution in [0.25, 0.3) is 10.9 Å². The number of ether oxygens (including phenoxy) is 1. The predicted molar refractivity (Wildman–Crippen MR) is 124 cm³/mol. The Morgan fingerprint density at radius 3 is 2.83 bits per heavy atom. The molecular weight excluding hydrogens is 416 g/mol. The summed E-state index contributed by atoms with van der Waals surface area (Å²) >= 11 is 3.07. The minimum Gasteiger partial charge on any atom is -0.462 e. The van der Waals surface area contributed by atoms with Gasteiger partial charge in [0.2, 0.25) is 5.91 Å². The fraction of sp³-hybridized carbons (Fsp3) is 0.391. The topological polar surface area (TPSA) is 60.3 Å². The lowest BCUT2D eigenvalue weighted by atomic mass is 10.1. The lowest BCUT2D eigenvalue weighted by Crippen LogP contribution is -2.23. The Labute approximate surface area is 184 Å². The number of esters is 1. The molecular formula is C23H26N2O3S2. The van der Waals surface area contributed by atoms with Gasteiger partial charge in [0.15, 0.2) is 0 Å². The third-order valence-corrected chi connectivity index (χ3v) is 7.76. The van der Waals surface area contributed by atoms with Crippen LogP contribution in [0, 0.1) is 0 Å². The zero-order valence-electron chi connectivity index (χ0n) is 17.5. The molecule has 0 saturated heterocycles. The molecule has 1 aliphatic rings. The molecule has 0 spiro atoms. The molecule has 1 atom stereocenters. The third-order valence-electron chi connectivity index (χ3n) is 5.40. The van der Waals surface area contributed by atoms with E-state index >= 15 is 0 Å². The number of para-hydroxylation sites is 1. The molecule has 30 heavy (non-hydrogen) atoms. The van der Waals surface area contributed by atoms with Gasteiger partial charge in [-0.25, -0.2) is 4.79 Å². The fourth-order valence-electron chi connectivity index (χ4n) is 3.94. The monoisotopic (exact) mass is 442 g/mol. The summed E-state index contributed by atoms with van der Waals surface area (Å²) in [6, 6.07) is 8.26. The lowest BCUT2D eigenvalue weighted by Gasteiger charge is -2.12. The first-order chi connectivity index (χ1) is 14.5. The van der Waals surface area contributed by atoms with E-state index in [0.29, 0.717) is 17.2 Å². The minimum atomic E-state index is -0.335. The van der Waals surface area contributed by atoms with Crippen LogP contribution in [0.2, 0.25) is 0 Å². The number of hydrogen-bond acceptors (Lipinski definition) is 5. The van der Waals surface area contributed by atoms with Gasteiger partial charge < -0.3 is 14.6 Å². The van der Waals surface area contributed by atoms with E-state index < -0.39 is 0 Å². The second-order valence-electron chi connectivity index (χ2n) is 7.33. The number of thioether (sulfide) groups is 1. The van der Waals surface area contributed by atoms with Crippen LogP contribution >= 0.6 is 23.1 Å². The van der Waals surface area contributed by atoms with Gasteiger partial charge in [0, 0.05) is 33.4 Å². The van der Waals surface area contributed by atoms with Crippen molar-refractivity contribution in [1.29, 1.82) is 0 Å². The number of amides is 1. The van der Waals surface area contributed by atoms with Crippen molar-refractivity contribution in [3.8, 4) is 0 Å². The number of aryl methyl sites for hydroxylation is 2. The number of nitrogens with one attached hydrogen (secondary N) is 1. The Bertz CT molecular complexity index is 1100. The number of fused-ring (bicyclic) bond motifs is 2. The summed E-state index contributed by atoms with van der Waals surface area (Å²) in [5.41, 5.74) is 2.79. The summed E-state index contributed by atoms with van der Waals surface area (Å²) in [6.07, 6.45) is 5.00. The van der Waals surface area contributed by atoms with Crippen LogP contribution < -0.4 is 5.32 Å². The number of hydrogen-bond donors (Lipinski definition) is 1. The van der Waals surface area contributed by atoms with E-state index in [1.165, 1.54) is 21.7 Å². The number of anilines is 1. The Balaban J connectivity index is 1.55. The molecule has 4 rings (SSSR count). The highest BCUT2D eigenvalue weighted by Crippen LogP contribution is 2.40. The maximum absolute atomic E-state index is 13.0. The standard InChI is InChI=1S/C23H26N2O3S2/c1-4-25-13-19(15-9-6-7-11-17(15)25)29-14(3)21(26)24-22-20(23(27)28-5-2)16-10-8-12-18(16)30-22/h6-7,9,11,13-14H,4-5,8,10,12H2,1-3H3,(H,24,26)/t14-/m0/s1. The molecule has 0 fully saturated rings. The molecule has 3 aromatic rings. The third kappa shape index (κ3) is 3.88. The lowest BCUT2D eigenvalue weighted by molar-refractivity contribution is -0.115. The summed E-state index contributed by atoms with van der Waals surface area (Å²) in [5.74, 6) is -0.433. The van der Waals surface area contributed by atoms with Gasteiger partial charge in [0.25, 0.3) is 0 Å². The van der Waals surface area contributed by atoms with E-state index in [1.54, 1.807) is 18.7 Å². The van der Waals surface area contributed by atoms with Gasteiger partial charge in [-0.2, -0.15) is 0 Å². The summed E-state index contributed by atoms with van der Waals surface area (Å²) in [5, 5.41) is 4.51. The molecule has 1 amide bonds. The van der Waals surface area contributed by atoms with Gasteiger partial charge in [0.05, 0.1) is 17.4 Å². The van der Waals surface area contributed by atoms with Crippen LogP contribution in [0.3, 0.4) is 0 Å². The van der Waals surface area contributed by atoms with Crippen LogP contribution in [0.1, 0.15) is 48.0 Å². The number of thiophene rings is 1. The minimum absolute atomic E-state index is 0.0983. The molecule has 0 bridgehead atoms. The van der Waals surface area contributed by atoms with Crippen molar-refractivity contribution >= 4 is 50.9 Å². The molecule has 2 aromatic heterocycles. The van der Waals surface area contributed by atoms with Crippen molar-refractivity contribution in [3.05, 3.63) is 46.5 Å². The Hall–Kier alpha value is -2.25. The van der Waals surface area contributed by atoms with Gasteiger partial charge in [-0.3, -0.25) is 4.79 Å². The van der Waals surface area contributed by atoms with Crippen molar-refractivity contribution in [3.63, 3.8) is 0 Å². The van der Waals surface area contributed by atoms with Gasteiger partial charge >= 0.3 is 5.97 Å². The van der Waals surface area contributed by atoms with E-state index in [4.69, 9.17) is 4.74 Å². The molecule has 5 nitrogen and oxygen atoms in total. The molecule has 2 heterocycles. The fourth-order valence-corrected chi connectivity index (χ4v) is 6.25. The van der Waals surface area contributed by atoms with Gasteiger partial charge in [-0.05, 0) is 51.7 Å². The number of carbonyl (C=O) groups excluding carboxylic acids is 2. The van der Waals surface area contributed by atoms with E-state index in [0.717, 1.165) is 41.7 Å². The van der Waals surface area contributed by atoms with Crippen molar-refractivity contribution in [2.45, 2.75) is 56.7 Å². The molecule has 0 aliphatic heterocycles. The van der Waals surface area contributed by atoms with Crippen LogP contribution in [0.5, 0.6) is 0 Å². The largest absolute Gasteiger partial charge is 0.462 e. The first kappa shape index (κ1) is 21.0. The Kier molecular flexibility index (Phi) is 6.20. The van der Waals surface area contributed by atoms with E-state index in [9.17, 15) is 9.59 Å². The number of carbonyl (C=O) groups is 2. The highest BCUT2D eigenvalue weighted by Gasteiger charge is 2.29. The molecule has 158 valence electrons. The van der Waals surface area contributed by atoms with Crippen LogP contribution in [0.15, 0.2) is 35.4 Å². The Morgan fingerprint density at radius 2 is 2.07 bits per heavy atom. The molecule has 1 N–H and O–H groups in total.